The highest BCUT2D eigenvalue weighted by Gasteiger charge is 2.25. The van der Waals surface area contributed by atoms with Crippen molar-refractivity contribution in [1.82, 2.24) is 4.90 Å². The van der Waals surface area contributed by atoms with Gasteiger partial charge in [-0.25, -0.2) is 4.39 Å². The summed E-state index contributed by atoms with van der Waals surface area (Å²) in [6.07, 6.45) is 3.66. The summed E-state index contributed by atoms with van der Waals surface area (Å²) in [6.45, 7) is 2.03. The summed E-state index contributed by atoms with van der Waals surface area (Å²) in [7, 11) is 0. The van der Waals surface area contributed by atoms with Crippen molar-refractivity contribution in [3.8, 4) is 0 Å². The molecule has 5 heteroatoms. The van der Waals surface area contributed by atoms with Gasteiger partial charge in [-0.1, -0.05) is 30.2 Å². The van der Waals surface area contributed by atoms with Gasteiger partial charge in [-0.2, -0.15) is 0 Å². The molecule has 1 saturated carbocycles. The van der Waals surface area contributed by atoms with Gasteiger partial charge in [-0.05, 0) is 18.9 Å². The molecule has 0 spiro atoms. The molecule has 102 valence electrons. The first-order valence-corrected chi connectivity index (χ1v) is 6.47. The maximum atomic E-state index is 13.8. The molecule has 0 heterocycles. The van der Waals surface area contributed by atoms with E-state index in [1.54, 1.807) is 18.2 Å². The second-order valence-corrected chi connectivity index (χ2v) is 4.96. The van der Waals surface area contributed by atoms with Crippen molar-refractivity contribution in [3.63, 3.8) is 0 Å². The molecule has 0 amide bonds. The van der Waals surface area contributed by atoms with Crippen LogP contribution in [0.25, 0.3) is 0 Å². The van der Waals surface area contributed by atoms with Crippen molar-refractivity contribution >= 4 is 24.0 Å². The average Bonchev–Trinajstić information content (AvgIpc) is 2.22. The Kier molecular flexibility index (Phi) is 6.36. The minimum absolute atomic E-state index is 0. The maximum Gasteiger partial charge on any atom is 0.146 e. The zero-order valence-corrected chi connectivity index (χ0v) is 11.8. The quantitative estimate of drug-likeness (QED) is 0.903. The molecule has 1 aliphatic rings. The first-order valence-electron chi connectivity index (χ1n) is 6.09. The van der Waals surface area contributed by atoms with E-state index in [0.717, 1.165) is 6.54 Å². The molecular formula is C13H19Cl2FN2. The highest BCUT2D eigenvalue weighted by Crippen LogP contribution is 2.27. The Morgan fingerprint density at radius 3 is 2.67 bits per heavy atom. The molecule has 1 aliphatic carbocycles. The van der Waals surface area contributed by atoms with Crippen molar-refractivity contribution in [3.05, 3.63) is 34.6 Å². The zero-order chi connectivity index (χ0) is 12.3. The molecule has 0 saturated heterocycles. The number of nitrogens with zero attached hydrogens (tertiary/aromatic N) is 1. The third kappa shape index (κ3) is 3.58. The van der Waals surface area contributed by atoms with Crippen LogP contribution in [0, 0.1) is 5.82 Å². The Morgan fingerprint density at radius 1 is 1.39 bits per heavy atom. The smallest absolute Gasteiger partial charge is 0.146 e. The number of hydrogen-bond acceptors (Lipinski definition) is 2. The molecule has 0 radical (unpaired) electrons. The summed E-state index contributed by atoms with van der Waals surface area (Å²) in [5, 5.41) is 0.198. The molecule has 0 atom stereocenters. The molecule has 18 heavy (non-hydrogen) atoms. The zero-order valence-electron chi connectivity index (χ0n) is 10.2. The van der Waals surface area contributed by atoms with Crippen LogP contribution in [0.2, 0.25) is 5.02 Å². The van der Waals surface area contributed by atoms with Crippen molar-refractivity contribution in [2.24, 2.45) is 5.73 Å². The first-order chi connectivity index (χ1) is 8.22. The van der Waals surface area contributed by atoms with Crippen LogP contribution >= 0.6 is 24.0 Å². The molecule has 1 aromatic rings. The van der Waals surface area contributed by atoms with Gasteiger partial charge >= 0.3 is 0 Å². The molecule has 0 unspecified atom stereocenters. The summed E-state index contributed by atoms with van der Waals surface area (Å²) >= 11 is 5.78. The molecular weight excluding hydrogens is 274 g/mol. The lowest BCUT2D eigenvalue weighted by molar-refractivity contribution is 0.122. The minimum Gasteiger partial charge on any atom is -0.329 e. The summed E-state index contributed by atoms with van der Waals surface area (Å²) in [5.41, 5.74) is 6.27. The highest BCUT2D eigenvalue weighted by molar-refractivity contribution is 6.30. The van der Waals surface area contributed by atoms with Gasteiger partial charge in [0.05, 0.1) is 5.02 Å². The van der Waals surface area contributed by atoms with Gasteiger partial charge < -0.3 is 5.73 Å². The highest BCUT2D eigenvalue weighted by atomic mass is 35.5. The summed E-state index contributed by atoms with van der Waals surface area (Å²) in [5.74, 6) is -0.296. The van der Waals surface area contributed by atoms with E-state index in [0.29, 0.717) is 24.7 Å². The average molecular weight is 293 g/mol. The fraction of sp³-hybridized carbons (Fsp3) is 0.538. The third-order valence-electron chi connectivity index (χ3n) is 3.41. The predicted molar refractivity (Wildman–Crippen MR) is 75.8 cm³/mol. The van der Waals surface area contributed by atoms with E-state index in [-0.39, 0.29) is 23.2 Å². The standard InChI is InChI=1S/C13H18ClFN2.ClH/c14-12-6-1-3-10(13(12)15)9-17(8-7-16)11-4-2-5-11;/h1,3,6,11H,2,4-5,7-9,16H2;1H. The predicted octanol–water partition coefficient (Wildman–Crippen LogP) is 3.21. The molecule has 1 fully saturated rings. The van der Waals surface area contributed by atoms with E-state index in [1.807, 2.05) is 0 Å². The van der Waals surface area contributed by atoms with Crippen LogP contribution in [0.15, 0.2) is 18.2 Å². The van der Waals surface area contributed by atoms with Gasteiger partial charge in [-0.15, -0.1) is 12.4 Å². The fourth-order valence-corrected chi connectivity index (χ4v) is 2.39. The van der Waals surface area contributed by atoms with Gasteiger partial charge in [-0.3, -0.25) is 4.90 Å². The van der Waals surface area contributed by atoms with Gasteiger partial charge in [0.1, 0.15) is 5.82 Å². The summed E-state index contributed by atoms with van der Waals surface area (Å²) in [6, 6.07) is 5.74. The lowest BCUT2D eigenvalue weighted by Crippen LogP contribution is -2.42. The second-order valence-electron chi connectivity index (χ2n) is 4.56. The van der Waals surface area contributed by atoms with Crippen molar-refractivity contribution < 1.29 is 4.39 Å². The molecule has 2 nitrogen and oxygen atoms in total. The molecule has 1 aromatic carbocycles. The minimum atomic E-state index is -0.296. The van der Waals surface area contributed by atoms with Crippen molar-refractivity contribution in [2.45, 2.75) is 31.8 Å². The van der Waals surface area contributed by atoms with E-state index in [2.05, 4.69) is 4.90 Å². The van der Waals surface area contributed by atoms with E-state index in [4.69, 9.17) is 17.3 Å². The SMILES string of the molecule is Cl.NCCN(Cc1cccc(Cl)c1F)C1CCC1. The molecule has 0 aliphatic heterocycles. The van der Waals surface area contributed by atoms with E-state index in [1.165, 1.54) is 19.3 Å². The van der Waals surface area contributed by atoms with Crippen LogP contribution in [0.1, 0.15) is 24.8 Å². The molecule has 0 bridgehead atoms. The van der Waals surface area contributed by atoms with E-state index < -0.39 is 0 Å². The van der Waals surface area contributed by atoms with Gasteiger partial charge in [0.2, 0.25) is 0 Å². The Balaban J connectivity index is 0.00000162. The van der Waals surface area contributed by atoms with Gasteiger partial charge in [0.15, 0.2) is 0 Å². The van der Waals surface area contributed by atoms with Crippen molar-refractivity contribution in [1.29, 1.82) is 0 Å². The fourth-order valence-electron chi connectivity index (χ4n) is 2.20. The van der Waals surface area contributed by atoms with E-state index >= 15 is 0 Å². The number of benzene rings is 1. The van der Waals surface area contributed by atoms with Crippen LogP contribution in [-0.4, -0.2) is 24.0 Å². The second kappa shape index (κ2) is 7.29. The Bertz CT molecular complexity index is 383. The number of halogens is 3. The Labute approximate surface area is 119 Å². The normalized spacial score (nSPS) is 15.3. The number of rotatable bonds is 5. The van der Waals surface area contributed by atoms with Crippen LogP contribution in [0.5, 0.6) is 0 Å². The topological polar surface area (TPSA) is 29.3 Å². The largest absolute Gasteiger partial charge is 0.329 e. The van der Waals surface area contributed by atoms with Gasteiger partial charge in [0.25, 0.3) is 0 Å². The van der Waals surface area contributed by atoms with Crippen LogP contribution < -0.4 is 5.73 Å². The van der Waals surface area contributed by atoms with Crippen LogP contribution in [0.4, 0.5) is 4.39 Å². The third-order valence-corrected chi connectivity index (χ3v) is 3.70. The van der Waals surface area contributed by atoms with Crippen LogP contribution in [-0.2, 0) is 6.54 Å². The molecule has 0 aromatic heterocycles. The van der Waals surface area contributed by atoms with E-state index in [9.17, 15) is 4.39 Å². The number of nitrogens with two attached hydrogens (primary N) is 1. The number of hydrogen-bond donors (Lipinski definition) is 1. The summed E-state index contributed by atoms with van der Waals surface area (Å²) < 4.78 is 13.8. The van der Waals surface area contributed by atoms with Crippen LogP contribution in [0.3, 0.4) is 0 Å². The summed E-state index contributed by atoms with van der Waals surface area (Å²) in [4.78, 5) is 2.26. The Hall–Kier alpha value is -0.350. The lowest BCUT2D eigenvalue weighted by atomic mass is 9.91. The first kappa shape index (κ1) is 15.7. The monoisotopic (exact) mass is 292 g/mol. The van der Waals surface area contributed by atoms with Gasteiger partial charge in [0, 0.05) is 31.2 Å². The van der Waals surface area contributed by atoms with Crippen molar-refractivity contribution in [2.75, 3.05) is 13.1 Å². The lowest BCUT2D eigenvalue weighted by Gasteiger charge is -2.37. The Morgan fingerprint density at radius 2 is 2.11 bits per heavy atom. The maximum absolute atomic E-state index is 13.8. The molecule has 2 rings (SSSR count). The molecule has 2 N–H and O–H groups in total.